The Labute approximate surface area is 148 Å². The van der Waals surface area contributed by atoms with Crippen LogP contribution in [0.5, 0.6) is 0 Å². The number of likely N-dealkylation sites (tertiary alicyclic amines) is 1. The molecule has 4 rings (SSSR count). The van der Waals surface area contributed by atoms with Gasteiger partial charge in [0.2, 0.25) is 11.8 Å². The fraction of sp³-hybridized carbons (Fsp3) is 0.550. The van der Waals surface area contributed by atoms with Gasteiger partial charge in [0, 0.05) is 24.9 Å². The largest absolute Gasteiger partial charge is 0.342 e. The number of carbonyl (C=O) groups is 1. The maximum absolute atomic E-state index is 12.9. The standard InChI is InChI=1S/C20H25N3O2/c1-13(2)18-21-19(25-22-18)15-9-6-10-23(12-15)20(24)17-11-16(17)14-7-4-3-5-8-14/h3-5,7-8,13,15-17H,6,9-12H2,1-2H3/t15-,16-,17-/m1/s1. The van der Waals surface area contributed by atoms with Crippen LogP contribution in [0, 0.1) is 5.92 Å². The van der Waals surface area contributed by atoms with Crippen molar-refractivity contribution >= 4 is 5.91 Å². The van der Waals surface area contributed by atoms with Gasteiger partial charge in [0.05, 0.1) is 5.92 Å². The molecule has 132 valence electrons. The van der Waals surface area contributed by atoms with Crippen LogP contribution in [0.2, 0.25) is 0 Å². The molecule has 2 heterocycles. The van der Waals surface area contributed by atoms with Gasteiger partial charge in [-0.05, 0) is 30.7 Å². The van der Waals surface area contributed by atoms with Crippen molar-refractivity contribution in [3.05, 3.63) is 47.6 Å². The lowest BCUT2D eigenvalue weighted by molar-refractivity contribution is -0.134. The Balaban J connectivity index is 1.40. The highest BCUT2D eigenvalue weighted by molar-refractivity contribution is 5.83. The minimum atomic E-state index is 0.148. The molecule has 1 aliphatic heterocycles. The molecule has 2 aromatic rings. The predicted octanol–water partition coefficient (Wildman–Crippen LogP) is 3.70. The van der Waals surface area contributed by atoms with Gasteiger partial charge in [-0.3, -0.25) is 4.79 Å². The second-order valence-corrected chi connectivity index (χ2v) is 7.63. The summed E-state index contributed by atoms with van der Waals surface area (Å²) in [5, 5.41) is 4.07. The van der Waals surface area contributed by atoms with Crippen molar-refractivity contribution in [3.63, 3.8) is 0 Å². The molecular weight excluding hydrogens is 314 g/mol. The molecule has 5 nitrogen and oxygen atoms in total. The third-order valence-corrected chi connectivity index (χ3v) is 5.39. The summed E-state index contributed by atoms with van der Waals surface area (Å²) in [5.41, 5.74) is 1.29. The Morgan fingerprint density at radius 1 is 1.28 bits per heavy atom. The van der Waals surface area contributed by atoms with Crippen molar-refractivity contribution in [3.8, 4) is 0 Å². The van der Waals surface area contributed by atoms with Crippen molar-refractivity contribution in [2.75, 3.05) is 13.1 Å². The molecule has 0 spiro atoms. The molecule has 0 N–H and O–H groups in total. The lowest BCUT2D eigenvalue weighted by Gasteiger charge is -2.31. The number of piperidine rings is 1. The van der Waals surface area contributed by atoms with E-state index in [1.165, 1.54) is 5.56 Å². The Kier molecular flexibility index (Phi) is 4.32. The van der Waals surface area contributed by atoms with Gasteiger partial charge in [0.15, 0.2) is 5.82 Å². The van der Waals surface area contributed by atoms with Crippen LogP contribution in [-0.2, 0) is 4.79 Å². The highest BCUT2D eigenvalue weighted by Gasteiger charge is 2.46. The zero-order valence-corrected chi connectivity index (χ0v) is 14.9. The molecule has 1 aliphatic carbocycles. The van der Waals surface area contributed by atoms with Gasteiger partial charge in [0.25, 0.3) is 0 Å². The first-order valence-corrected chi connectivity index (χ1v) is 9.30. The summed E-state index contributed by atoms with van der Waals surface area (Å²) in [6.45, 7) is 5.67. The molecule has 0 bridgehead atoms. The van der Waals surface area contributed by atoms with Crippen LogP contribution in [0.4, 0.5) is 0 Å². The van der Waals surface area contributed by atoms with Crippen molar-refractivity contribution in [1.82, 2.24) is 15.0 Å². The molecule has 0 unspecified atom stereocenters. The van der Waals surface area contributed by atoms with E-state index >= 15 is 0 Å². The number of hydrogen-bond donors (Lipinski definition) is 0. The van der Waals surface area contributed by atoms with E-state index in [-0.39, 0.29) is 17.8 Å². The van der Waals surface area contributed by atoms with Crippen LogP contribution >= 0.6 is 0 Å². The summed E-state index contributed by atoms with van der Waals surface area (Å²) < 4.78 is 5.46. The molecular formula is C20H25N3O2. The van der Waals surface area contributed by atoms with E-state index < -0.39 is 0 Å². The first-order valence-electron chi connectivity index (χ1n) is 9.30. The van der Waals surface area contributed by atoms with E-state index in [1.807, 2.05) is 23.1 Å². The topological polar surface area (TPSA) is 59.2 Å². The fourth-order valence-electron chi connectivity index (χ4n) is 3.80. The second-order valence-electron chi connectivity index (χ2n) is 7.63. The van der Waals surface area contributed by atoms with Crippen LogP contribution in [-0.4, -0.2) is 34.0 Å². The second kappa shape index (κ2) is 6.62. The maximum atomic E-state index is 12.9. The Morgan fingerprint density at radius 2 is 2.08 bits per heavy atom. The first-order chi connectivity index (χ1) is 12.1. The summed E-state index contributed by atoms with van der Waals surface area (Å²) in [5.74, 6) is 2.71. The van der Waals surface area contributed by atoms with Gasteiger partial charge >= 0.3 is 0 Å². The molecule has 1 aromatic carbocycles. The van der Waals surface area contributed by atoms with E-state index in [1.54, 1.807) is 0 Å². The minimum Gasteiger partial charge on any atom is -0.342 e. The molecule has 0 radical (unpaired) electrons. The zero-order chi connectivity index (χ0) is 17.4. The first kappa shape index (κ1) is 16.3. The third kappa shape index (κ3) is 3.32. The summed E-state index contributed by atoms with van der Waals surface area (Å²) in [4.78, 5) is 19.4. The van der Waals surface area contributed by atoms with E-state index in [0.29, 0.717) is 24.3 Å². The Hall–Kier alpha value is -2.17. The van der Waals surface area contributed by atoms with Gasteiger partial charge in [-0.1, -0.05) is 49.3 Å². The summed E-state index contributed by atoms with van der Waals surface area (Å²) >= 11 is 0. The molecule has 25 heavy (non-hydrogen) atoms. The van der Waals surface area contributed by atoms with Gasteiger partial charge in [0.1, 0.15) is 0 Å². The monoisotopic (exact) mass is 339 g/mol. The molecule has 2 aliphatic rings. The average Bonchev–Trinajstić information content (AvgIpc) is 3.29. The number of hydrogen-bond acceptors (Lipinski definition) is 4. The highest BCUT2D eigenvalue weighted by Crippen LogP contribution is 2.48. The van der Waals surface area contributed by atoms with Crippen molar-refractivity contribution in [2.45, 2.75) is 50.9 Å². The van der Waals surface area contributed by atoms with Gasteiger partial charge in [-0.2, -0.15) is 4.98 Å². The van der Waals surface area contributed by atoms with E-state index in [9.17, 15) is 4.79 Å². The van der Waals surface area contributed by atoms with Crippen LogP contribution in [0.3, 0.4) is 0 Å². The van der Waals surface area contributed by atoms with Gasteiger partial charge in [-0.15, -0.1) is 0 Å². The third-order valence-electron chi connectivity index (χ3n) is 5.39. The number of rotatable bonds is 4. The van der Waals surface area contributed by atoms with Gasteiger partial charge < -0.3 is 9.42 Å². The van der Waals surface area contributed by atoms with Crippen LogP contribution < -0.4 is 0 Å². The van der Waals surface area contributed by atoms with Crippen LogP contribution in [0.1, 0.15) is 68.1 Å². The minimum absolute atomic E-state index is 0.148. The number of carbonyl (C=O) groups excluding carboxylic acids is 1. The van der Waals surface area contributed by atoms with Crippen molar-refractivity contribution in [2.24, 2.45) is 5.92 Å². The Bertz CT molecular complexity index is 740. The lowest BCUT2D eigenvalue weighted by Crippen LogP contribution is -2.40. The molecule has 1 saturated carbocycles. The summed E-state index contributed by atoms with van der Waals surface area (Å²) in [7, 11) is 0. The smallest absolute Gasteiger partial charge is 0.231 e. The molecule has 1 aromatic heterocycles. The van der Waals surface area contributed by atoms with Crippen LogP contribution in [0.15, 0.2) is 34.9 Å². The lowest BCUT2D eigenvalue weighted by atomic mass is 9.97. The van der Waals surface area contributed by atoms with Crippen LogP contribution in [0.25, 0.3) is 0 Å². The van der Waals surface area contributed by atoms with E-state index in [4.69, 9.17) is 4.52 Å². The molecule has 2 fully saturated rings. The number of benzene rings is 1. The normalized spacial score (nSPS) is 26.0. The number of amides is 1. The highest BCUT2D eigenvalue weighted by atomic mass is 16.5. The quantitative estimate of drug-likeness (QED) is 0.852. The van der Waals surface area contributed by atoms with E-state index in [2.05, 4.69) is 36.1 Å². The predicted molar refractivity (Wildman–Crippen MR) is 94.2 cm³/mol. The van der Waals surface area contributed by atoms with Gasteiger partial charge in [-0.25, -0.2) is 0 Å². The molecule has 1 amide bonds. The maximum Gasteiger partial charge on any atom is 0.231 e. The summed E-state index contributed by atoms with van der Waals surface area (Å²) in [6.07, 6.45) is 2.98. The fourth-order valence-corrected chi connectivity index (χ4v) is 3.80. The molecule has 1 saturated heterocycles. The summed E-state index contributed by atoms with van der Waals surface area (Å²) in [6, 6.07) is 10.4. The molecule has 5 heteroatoms. The van der Waals surface area contributed by atoms with Crippen molar-refractivity contribution in [1.29, 1.82) is 0 Å². The van der Waals surface area contributed by atoms with Crippen molar-refractivity contribution < 1.29 is 9.32 Å². The molecule has 3 atom stereocenters. The average molecular weight is 339 g/mol. The Morgan fingerprint density at radius 3 is 2.80 bits per heavy atom. The number of nitrogens with zero attached hydrogens (tertiary/aromatic N) is 3. The van der Waals surface area contributed by atoms with E-state index in [0.717, 1.165) is 31.6 Å². The number of aromatic nitrogens is 2. The zero-order valence-electron chi connectivity index (χ0n) is 14.9. The SMILES string of the molecule is CC(C)c1noc([C@@H]2CCCN(C(=O)[C@@H]3C[C@@H]3c3ccccc3)C2)n1.